The lowest BCUT2D eigenvalue weighted by molar-refractivity contribution is 0.0472. The van der Waals surface area contributed by atoms with Crippen molar-refractivity contribution in [3.05, 3.63) is 29.6 Å². The molecule has 1 aliphatic heterocycles. The highest BCUT2D eigenvalue weighted by Gasteiger charge is 2.37. The van der Waals surface area contributed by atoms with E-state index >= 15 is 0 Å². The molecular weight excluding hydrogens is 267 g/mol. The first kappa shape index (κ1) is 14.4. The standard InChI is InChI=1S/C17H23FN2O/c18-14-6-4-5-13(15(14)19)16(21)20-11-9-17(10-12-20)7-2-1-3-8-17/h4-6H,1-3,7-12,19H2. The number of piperidine rings is 1. The summed E-state index contributed by atoms with van der Waals surface area (Å²) >= 11 is 0. The monoisotopic (exact) mass is 290 g/mol. The molecule has 1 aromatic rings. The Labute approximate surface area is 125 Å². The molecule has 2 aliphatic rings. The number of halogens is 1. The molecule has 1 saturated carbocycles. The molecule has 0 aromatic heterocycles. The fourth-order valence-electron chi connectivity index (χ4n) is 3.88. The molecule has 2 fully saturated rings. The van der Waals surface area contributed by atoms with Crippen LogP contribution in [0.4, 0.5) is 10.1 Å². The Bertz CT molecular complexity index is 528. The van der Waals surface area contributed by atoms with Crippen LogP contribution in [0.15, 0.2) is 18.2 Å². The molecule has 114 valence electrons. The van der Waals surface area contributed by atoms with E-state index in [9.17, 15) is 9.18 Å². The number of rotatable bonds is 1. The van der Waals surface area contributed by atoms with Gasteiger partial charge in [0.25, 0.3) is 5.91 Å². The molecule has 0 bridgehead atoms. The summed E-state index contributed by atoms with van der Waals surface area (Å²) in [5.41, 5.74) is 6.44. The van der Waals surface area contributed by atoms with Gasteiger partial charge in [-0.3, -0.25) is 4.79 Å². The van der Waals surface area contributed by atoms with Crippen LogP contribution in [0.25, 0.3) is 0 Å². The number of nitrogen functional groups attached to an aromatic ring is 1. The molecule has 0 unspecified atom stereocenters. The van der Waals surface area contributed by atoms with Crippen LogP contribution in [-0.2, 0) is 0 Å². The van der Waals surface area contributed by atoms with Crippen molar-refractivity contribution < 1.29 is 9.18 Å². The van der Waals surface area contributed by atoms with Crippen LogP contribution in [0, 0.1) is 11.2 Å². The molecule has 1 spiro atoms. The van der Waals surface area contributed by atoms with Gasteiger partial charge < -0.3 is 10.6 Å². The molecule has 4 heteroatoms. The highest BCUT2D eigenvalue weighted by Crippen LogP contribution is 2.44. The van der Waals surface area contributed by atoms with Crippen molar-refractivity contribution in [2.75, 3.05) is 18.8 Å². The third-order valence-corrected chi connectivity index (χ3v) is 5.31. The van der Waals surface area contributed by atoms with Crippen LogP contribution >= 0.6 is 0 Å². The van der Waals surface area contributed by atoms with E-state index in [2.05, 4.69) is 0 Å². The predicted molar refractivity (Wildman–Crippen MR) is 81.5 cm³/mol. The summed E-state index contributed by atoms with van der Waals surface area (Å²) in [6.07, 6.45) is 8.76. The van der Waals surface area contributed by atoms with E-state index in [-0.39, 0.29) is 11.6 Å². The van der Waals surface area contributed by atoms with E-state index in [0.29, 0.717) is 11.0 Å². The lowest BCUT2D eigenvalue weighted by atomic mass is 9.68. The third-order valence-electron chi connectivity index (χ3n) is 5.31. The number of likely N-dealkylation sites (tertiary alicyclic amines) is 1. The molecule has 21 heavy (non-hydrogen) atoms. The summed E-state index contributed by atoms with van der Waals surface area (Å²) in [5.74, 6) is -0.640. The number of benzene rings is 1. The first-order valence-corrected chi connectivity index (χ1v) is 7.95. The molecule has 0 radical (unpaired) electrons. The van der Waals surface area contributed by atoms with Gasteiger partial charge in [-0.15, -0.1) is 0 Å². The van der Waals surface area contributed by atoms with E-state index in [0.717, 1.165) is 25.9 Å². The van der Waals surface area contributed by atoms with E-state index in [4.69, 9.17) is 5.73 Å². The van der Waals surface area contributed by atoms with Crippen LogP contribution in [0.3, 0.4) is 0 Å². The summed E-state index contributed by atoms with van der Waals surface area (Å²) < 4.78 is 13.5. The van der Waals surface area contributed by atoms with E-state index in [1.54, 1.807) is 12.1 Å². The number of nitrogens with two attached hydrogens (primary N) is 1. The molecular formula is C17H23FN2O. The molecule has 3 rings (SSSR count). The van der Waals surface area contributed by atoms with Crippen molar-refractivity contribution in [1.29, 1.82) is 0 Å². The molecule has 2 N–H and O–H groups in total. The molecule has 1 aromatic carbocycles. The second kappa shape index (κ2) is 5.66. The molecule has 1 heterocycles. The Morgan fingerprint density at radius 1 is 1.10 bits per heavy atom. The summed E-state index contributed by atoms with van der Waals surface area (Å²) in [6, 6.07) is 4.45. The quantitative estimate of drug-likeness (QED) is 0.803. The Morgan fingerprint density at radius 3 is 2.43 bits per heavy atom. The van der Waals surface area contributed by atoms with Crippen molar-refractivity contribution >= 4 is 11.6 Å². The number of hydrogen-bond donors (Lipinski definition) is 1. The second-order valence-corrected chi connectivity index (χ2v) is 6.55. The predicted octanol–water partition coefficient (Wildman–Crippen LogP) is 3.59. The zero-order valence-electron chi connectivity index (χ0n) is 12.4. The number of carbonyl (C=O) groups is 1. The van der Waals surface area contributed by atoms with Gasteiger partial charge in [0, 0.05) is 13.1 Å². The Hall–Kier alpha value is -1.58. The summed E-state index contributed by atoms with van der Waals surface area (Å²) in [5, 5.41) is 0. The van der Waals surface area contributed by atoms with Gasteiger partial charge in [0.05, 0.1) is 11.3 Å². The first-order chi connectivity index (χ1) is 10.1. The minimum absolute atomic E-state index is 0.0274. The van der Waals surface area contributed by atoms with E-state index in [1.807, 2.05) is 4.90 Å². The first-order valence-electron chi connectivity index (χ1n) is 7.95. The van der Waals surface area contributed by atoms with Crippen molar-refractivity contribution in [1.82, 2.24) is 4.90 Å². The number of amides is 1. The van der Waals surface area contributed by atoms with Crippen molar-refractivity contribution in [2.24, 2.45) is 5.41 Å². The van der Waals surface area contributed by atoms with Gasteiger partial charge in [0.1, 0.15) is 5.82 Å². The van der Waals surface area contributed by atoms with E-state index in [1.165, 1.54) is 38.2 Å². The van der Waals surface area contributed by atoms with Crippen molar-refractivity contribution in [3.63, 3.8) is 0 Å². The van der Waals surface area contributed by atoms with Gasteiger partial charge in [-0.05, 0) is 43.2 Å². The molecule has 1 amide bonds. The zero-order chi connectivity index (χ0) is 14.9. The van der Waals surface area contributed by atoms with Crippen LogP contribution in [0.1, 0.15) is 55.3 Å². The zero-order valence-corrected chi connectivity index (χ0v) is 12.4. The van der Waals surface area contributed by atoms with Gasteiger partial charge in [-0.25, -0.2) is 4.39 Å². The largest absolute Gasteiger partial charge is 0.396 e. The molecule has 1 saturated heterocycles. The fraction of sp³-hybridized carbons (Fsp3) is 0.588. The van der Waals surface area contributed by atoms with Gasteiger partial charge in [0.2, 0.25) is 0 Å². The second-order valence-electron chi connectivity index (χ2n) is 6.55. The summed E-state index contributed by atoms with van der Waals surface area (Å²) in [7, 11) is 0. The molecule has 0 atom stereocenters. The topological polar surface area (TPSA) is 46.3 Å². The van der Waals surface area contributed by atoms with Crippen molar-refractivity contribution in [3.8, 4) is 0 Å². The van der Waals surface area contributed by atoms with Gasteiger partial charge in [0.15, 0.2) is 0 Å². The fourth-order valence-corrected chi connectivity index (χ4v) is 3.88. The number of carbonyl (C=O) groups excluding carboxylic acids is 1. The van der Waals surface area contributed by atoms with Gasteiger partial charge in [-0.2, -0.15) is 0 Å². The lowest BCUT2D eigenvalue weighted by Crippen LogP contribution is -2.44. The number of para-hydroxylation sites is 1. The number of nitrogens with zero attached hydrogens (tertiary/aromatic N) is 1. The van der Waals surface area contributed by atoms with Crippen LogP contribution < -0.4 is 5.73 Å². The summed E-state index contributed by atoms with van der Waals surface area (Å²) in [6.45, 7) is 1.55. The van der Waals surface area contributed by atoms with Crippen LogP contribution in [-0.4, -0.2) is 23.9 Å². The average Bonchev–Trinajstić information content (AvgIpc) is 2.51. The third kappa shape index (κ3) is 2.76. The highest BCUT2D eigenvalue weighted by molar-refractivity contribution is 5.99. The smallest absolute Gasteiger partial charge is 0.256 e. The maximum atomic E-state index is 13.5. The summed E-state index contributed by atoms with van der Waals surface area (Å²) in [4.78, 5) is 14.4. The maximum absolute atomic E-state index is 13.5. The highest BCUT2D eigenvalue weighted by atomic mass is 19.1. The SMILES string of the molecule is Nc1c(F)cccc1C(=O)N1CCC2(CCCCC2)CC1. The lowest BCUT2D eigenvalue weighted by Gasteiger charge is -2.44. The minimum Gasteiger partial charge on any atom is -0.396 e. The van der Waals surface area contributed by atoms with Gasteiger partial charge in [-0.1, -0.05) is 25.3 Å². The van der Waals surface area contributed by atoms with Crippen molar-refractivity contribution in [2.45, 2.75) is 44.9 Å². The molecule has 3 nitrogen and oxygen atoms in total. The van der Waals surface area contributed by atoms with Gasteiger partial charge >= 0.3 is 0 Å². The van der Waals surface area contributed by atoms with Crippen LogP contribution in [0.5, 0.6) is 0 Å². The Morgan fingerprint density at radius 2 is 1.76 bits per heavy atom. The average molecular weight is 290 g/mol. The number of anilines is 1. The Balaban J connectivity index is 1.69. The maximum Gasteiger partial charge on any atom is 0.256 e. The normalized spacial score (nSPS) is 21.5. The Kier molecular flexibility index (Phi) is 3.87. The number of hydrogen-bond acceptors (Lipinski definition) is 2. The minimum atomic E-state index is -0.512. The van der Waals surface area contributed by atoms with E-state index < -0.39 is 5.82 Å². The van der Waals surface area contributed by atoms with Crippen LogP contribution in [0.2, 0.25) is 0 Å². The molecule has 1 aliphatic carbocycles.